The monoisotopic (exact) mass is 588 g/mol. The second-order valence-electron chi connectivity index (χ2n) is 11.1. The lowest BCUT2D eigenvalue weighted by atomic mass is 9.96. The molecule has 9 nitrogen and oxygen atoms in total. The summed E-state index contributed by atoms with van der Waals surface area (Å²) in [7, 11) is 4.04. The van der Waals surface area contributed by atoms with Gasteiger partial charge < -0.3 is 25.2 Å². The zero-order valence-corrected chi connectivity index (χ0v) is 26.5. The smallest absolute Gasteiger partial charge is 0.224 e. The first-order valence-corrected chi connectivity index (χ1v) is 15.7. The molecule has 0 spiro atoms. The van der Waals surface area contributed by atoms with Crippen molar-refractivity contribution in [3.8, 4) is 11.3 Å². The molecule has 1 aromatic carbocycles. The van der Waals surface area contributed by atoms with Gasteiger partial charge in [-0.15, -0.1) is 0 Å². The summed E-state index contributed by atoms with van der Waals surface area (Å²) in [6.07, 6.45) is 14.1. The quantitative estimate of drug-likeness (QED) is 0.408. The maximum Gasteiger partial charge on any atom is 0.224 e. The third-order valence-electron chi connectivity index (χ3n) is 8.37. The van der Waals surface area contributed by atoms with E-state index in [0.29, 0.717) is 25.3 Å². The van der Waals surface area contributed by atoms with Crippen LogP contribution in [0.15, 0.2) is 53.9 Å². The van der Waals surface area contributed by atoms with Gasteiger partial charge in [0.25, 0.3) is 0 Å². The number of carbonyl (C=O) groups excluding carboxylic acids is 2. The zero-order chi connectivity index (χ0) is 30.8. The van der Waals surface area contributed by atoms with E-state index in [9.17, 15) is 9.59 Å². The highest BCUT2D eigenvalue weighted by atomic mass is 16.5. The maximum atomic E-state index is 13.1. The lowest BCUT2D eigenvalue weighted by Crippen LogP contribution is -2.43. The maximum absolute atomic E-state index is 13.1. The van der Waals surface area contributed by atoms with E-state index in [4.69, 9.17) is 4.74 Å². The second-order valence-corrected chi connectivity index (χ2v) is 11.1. The average molecular weight is 589 g/mol. The fourth-order valence-electron chi connectivity index (χ4n) is 5.82. The Morgan fingerprint density at radius 2 is 1.84 bits per heavy atom. The number of aryl methyl sites for hydroxylation is 1. The molecule has 0 unspecified atom stereocenters. The molecule has 232 valence electrons. The van der Waals surface area contributed by atoms with E-state index in [2.05, 4.69) is 63.0 Å². The van der Waals surface area contributed by atoms with Gasteiger partial charge in [-0.2, -0.15) is 5.10 Å². The van der Waals surface area contributed by atoms with E-state index >= 15 is 0 Å². The lowest BCUT2D eigenvalue weighted by molar-refractivity contribution is -0.120. The van der Waals surface area contributed by atoms with Crippen LogP contribution in [0.3, 0.4) is 0 Å². The number of allylic oxidation sites excluding steroid dienone is 3. The predicted octanol–water partition coefficient (Wildman–Crippen LogP) is 4.77. The topological polar surface area (TPSA) is 91.7 Å². The predicted molar refractivity (Wildman–Crippen MR) is 173 cm³/mol. The third kappa shape index (κ3) is 8.03. The van der Waals surface area contributed by atoms with Crippen LogP contribution in [0.25, 0.3) is 11.3 Å². The number of aromatic nitrogens is 2. The molecule has 2 aromatic rings. The molecule has 3 aliphatic rings. The molecule has 0 saturated carbocycles. The number of nitrogens with one attached hydrogen (secondary N) is 2. The Morgan fingerprint density at radius 1 is 1.09 bits per heavy atom. The number of aldehydes is 1. The van der Waals surface area contributed by atoms with Crippen LogP contribution < -0.4 is 10.6 Å². The molecule has 0 radical (unpaired) electrons. The summed E-state index contributed by atoms with van der Waals surface area (Å²) in [5.41, 5.74) is 7.44. The molecule has 9 heteroatoms. The van der Waals surface area contributed by atoms with Crippen LogP contribution >= 0.6 is 0 Å². The van der Waals surface area contributed by atoms with Crippen molar-refractivity contribution in [2.75, 3.05) is 65.3 Å². The Morgan fingerprint density at radius 3 is 2.53 bits per heavy atom. The molecule has 2 fully saturated rings. The number of nitrogens with zero attached hydrogens (tertiary/aromatic N) is 4. The van der Waals surface area contributed by atoms with Gasteiger partial charge in [0.1, 0.15) is 0 Å². The largest absolute Gasteiger partial charge is 0.388 e. The van der Waals surface area contributed by atoms with Crippen molar-refractivity contribution in [1.82, 2.24) is 24.9 Å². The summed E-state index contributed by atoms with van der Waals surface area (Å²) in [5, 5.41) is 11.0. The van der Waals surface area contributed by atoms with Crippen molar-refractivity contribution in [3.63, 3.8) is 0 Å². The number of hydrogen-bond donors (Lipinski definition) is 2. The van der Waals surface area contributed by atoms with Gasteiger partial charge in [0.2, 0.25) is 5.91 Å². The lowest BCUT2D eigenvalue weighted by Gasteiger charge is -2.34. The van der Waals surface area contributed by atoms with Crippen molar-refractivity contribution in [2.45, 2.75) is 52.5 Å². The molecule has 2 N–H and O–H groups in total. The first-order chi connectivity index (χ1) is 21.0. The summed E-state index contributed by atoms with van der Waals surface area (Å²) < 4.78 is 7.52. The Hall–Kier alpha value is -3.69. The summed E-state index contributed by atoms with van der Waals surface area (Å²) in [5.74, 6) is -0.0318. The van der Waals surface area contributed by atoms with Crippen LogP contribution in [-0.4, -0.2) is 91.8 Å². The minimum Gasteiger partial charge on any atom is -0.388 e. The molecule has 1 aromatic heterocycles. The van der Waals surface area contributed by atoms with Crippen LogP contribution in [0.4, 0.5) is 5.69 Å². The van der Waals surface area contributed by atoms with Gasteiger partial charge in [-0.3, -0.25) is 14.3 Å². The van der Waals surface area contributed by atoms with Gasteiger partial charge in [-0.25, -0.2) is 0 Å². The van der Waals surface area contributed by atoms with Crippen LogP contribution in [-0.2, 0) is 16.0 Å². The van der Waals surface area contributed by atoms with Gasteiger partial charge in [0, 0.05) is 69.9 Å². The Labute approximate surface area is 256 Å². The number of benzene rings is 1. The summed E-state index contributed by atoms with van der Waals surface area (Å²) >= 11 is 0. The molecule has 1 amide bonds. The van der Waals surface area contributed by atoms with Crippen molar-refractivity contribution in [1.29, 1.82) is 0 Å². The van der Waals surface area contributed by atoms with Crippen molar-refractivity contribution >= 4 is 17.9 Å². The molecule has 0 atom stereocenters. The van der Waals surface area contributed by atoms with Crippen LogP contribution in [0, 0.1) is 6.92 Å². The Kier molecular flexibility index (Phi) is 11.8. The molecule has 2 aliphatic heterocycles. The Bertz CT molecular complexity index is 1340. The van der Waals surface area contributed by atoms with E-state index in [1.807, 2.05) is 38.6 Å². The average Bonchev–Trinajstić information content (AvgIpc) is 3.33. The fourth-order valence-corrected chi connectivity index (χ4v) is 5.82. The van der Waals surface area contributed by atoms with Gasteiger partial charge >= 0.3 is 0 Å². The summed E-state index contributed by atoms with van der Waals surface area (Å²) in [4.78, 5) is 30.0. The minimum atomic E-state index is -0.0318. The molecular formula is C34H48N6O3. The van der Waals surface area contributed by atoms with E-state index < -0.39 is 0 Å². The normalized spacial score (nSPS) is 17.7. The summed E-state index contributed by atoms with van der Waals surface area (Å²) in [6, 6.07) is 4.26. The van der Waals surface area contributed by atoms with Crippen molar-refractivity contribution in [2.24, 2.45) is 0 Å². The Balaban J connectivity index is 0.00000207. The van der Waals surface area contributed by atoms with Crippen LogP contribution in [0.5, 0.6) is 0 Å². The molecular weight excluding hydrogens is 540 g/mol. The van der Waals surface area contributed by atoms with Crippen molar-refractivity contribution in [3.05, 3.63) is 70.6 Å². The standard InChI is InChI=1S/C32H42N6O3.C2H6/c1-23-17-30(33-2)29(32-26(22-39)21-35-38(32)28-9-15-41-16-10-28)18-25(23)19-31(40)34-20-24-5-4-6-27(8-7-24)37-13-11-36(3)12-14-37;1-2/h5-8,17-18,21-22,28,33H,4,9-16,19-20H2,1-3H3,(H,34,40);1-2H3. The number of carbonyl (C=O) groups is 2. The van der Waals surface area contributed by atoms with E-state index in [1.165, 1.54) is 5.70 Å². The first-order valence-electron chi connectivity index (χ1n) is 15.7. The number of likely N-dealkylation sites (N-methyl/N-ethyl adjacent to an activating group) is 1. The number of rotatable bonds is 9. The van der Waals surface area contributed by atoms with E-state index in [0.717, 1.165) is 85.4 Å². The van der Waals surface area contributed by atoms with E-state index in [-0.39, 0.29) is 18.4 Å². The fraction of sp³-hybridized carbons (Fsp3) is 0.500. The highest BCUT2D eigenvalue weighted by Crippen LogP contribution is 2.36. The van der Waals surface area contributed by atoms with Crippen LogP contribution in [0.2, 0.25) is 0 Å². The summed E-state index contributed by atoms with van der Waals surface area (Å²) in [6.45, 7) is 12.1. The first kappa shape index (κ1) is 32.2. The number of piperazine rings is 1. The number of anilines is 1. The van der Waals surface area contributed by atoms with Gasteiger partial charge in [0.15, 0.2) is 6.29 Å². The second kappa shape index (κ2) is 15.7. The molecule has 43 heavy (non-hydrogen) atoms. The van der Waals surface area contributed by atoms with Crippen molar-refractivity contribution < 1.29 is 14.3 Å². The van der Waals surface area contributed by atoms with Gasteiger partial charge in [-0.05, 0) is 68.1 Å². The third-order valence-corrected chi connectivity index (χ3v) is 8.37. The molecule has 1 aliphatic carbocycles. The zero-order valence-electron chi connectivity index (χ0n) is 26.5. The molecule has 0 bridgehead atoms. The number of amides is 1. The number of hydrogen-bond acceptors (Lipinski definition) is 7. The van der Waals surface area contributed by atoms with Gasteiger partial charge in [0.05, 0.1) is 29.9 Å². The molecule has 3 heterocycles. The molecule has 2 saturated heterocycles. The highest BCUT2D eigenvalue weighted by Gasteiger charge is 2.24. The van der Waals surface area contributed by atoms with E-state index in [1.54, 1.807) is 6.20 Å². The molecule has 5 rings (SSSR count). The minimum absolute atomic E-state index is 0.0318. The SMILES string of the molecule is CC.CNc1cc(C)c(CC(=O)NCC2=CCC=C(N3CCN(C)CC3)C=C2)cc1-c1c(C=O)cnn1C1CCOCC1. The van der Waals surface area contributed by atoms with Gasteiger partial charge in [-0.1, -0.05) is 32.1 Å². The highest BCUT2D eigenvalue weighted by molar-refractivity contribution is 5.91. The van der Waals surface area contributed by atoms with Crippen LogP contribution in [0.1, 0.15) is 60.6 Å². The number of ether oxygens (including phenoxy) is 1.